The summed E-state index contributed by atoms with van der Waals surface area (Å²) in [6.07, 6.45) is 3.37. The van der Waals surface area contributed by atoms with Crippen LogP contribution in [-0.2, 0) is 4.79 Å². The lowest BCUT2D eigenvalue weighted by atomic mass is 10.1. The minimum absolute atomic E-state index is 0.0880. The Hall–Kier alpha value is -1.88. The van der Waals surface area contributed by atoms with Crippen LogP contribution >= 0.6 is 0 Å². The third-order valence-corrected chi connectivity index (χ3v) is 2.50. The summed E-state index contributed by atoms with van der Waals surface area (Å²) in [5.41, 5.74) is 8.56. The number of carboxylic acids is 1. The van der Waals surface area contributed by atoms with Crippen molar-refractivity contribution in [1.82, 2.24) is 9.61 Å². The third kappa shape index (κ3) is 1.90. The SMILES string of the molecule is Cc1ccn2ncc(C(N)CC(=O)O)c2c1. The molecule has 5 nitrogen and oxygen atoms in total. The highest BCUT2D eigenvalue weighted by molar-refractivity contribution is 5.69. The molecule has 2 aromatic heterocycles. The first-order chi connectivity index (χ1) is 7.58. The van der Waals surface area contributed by atoms with Crippen LogP contribution in [0.3, 0.4) is 0 Å². The molecule has 84 valence electrons. The van der Waals surface area contributed by atoms with Crippen molar-refractivity contribution in [2.24, 2.45) is 5.73 Å². The highest BCUT2D eigenvalue weighted by Gasteiger charge is 2.15. The molecule has 0 spiro atoms. The van der Waals surface area contributed by atoms with Gasteiger partial charge in [0.25, 0.3) is 0 Å². The number of fused-ring (bicyclic) bond motifs is 1. The molecule has 2 rings (SSSR count). The lowest BCUT2D eigenvalue weighted by Crippen LogP contribution is -2.14. The van der Waals surface area contributed by atoms with E-state index in [0.29, 0.717) is 0 Å². The molecule has 16 heavy (non-hydrogen) atoms. The molecular weight excluding hydrogens is 206 g/mol. The van der Waals surface area contributed by atoms with Crippen molar-refractivity contribution in [2.45, 2.75) is 19.4 Å². The number of aliphatic carboxylic acids is 1. The van der Waals surface area contributed by atoms with Crippen LogP contribution in [0.25, 0.3) is 5.52 Å². The van der Waals surface area contributed by atoms with Gasteiger partial charge in [0.05, 0.1) is 18.1 Å². The molecule has 5 heteroatoms. The first-order valence-corrected chi connectivity index (χ1v) is 4.99. The maximum Gasteiger partial charge on any atom is 0.305 e. The van der Waals surface area contributed by atoms with Crippen molar-refractivity contribution in [3.63, 3.8) is 0 Å². The molecule has 0 saturated heterocycles. The van der Waals surface area contributed by atoms with Crippen molar-refractivity contribution in [3.8, 4) is 0 Å². The Labute approximate surface area is 92.5 Å². The number of aromatic nitrogens is 2. The number of nitrogens with zero attached hydrogens (tertiary/aromatic N) is 2. The number of carbonyl (C=O) groups is 1. The van der Waals surface area contributed by atoms with E-state index in [1.165, 1.54) is 0 Å². The van der Waals surface area contributed by atoms with Gasteiger partial charge in [0, 0.05) is 17.8 Å². The molecule has 0 amide bonds. The summed E-state index contributed by atoms with van der Waals surface area (Å²) in [6.45, 7) is 1.97. The van der Waals surface area contributed by atoms with Crippen LogP contribution in [0, 0.1) is 6.92 Å². The van der Waals surface area contributed by atoms with E-state index in [-0.39, 0.29) is 6.42 Å². The molecule has 1 atom stereocenters. The van der Waals surface area contributed by atoms with Crippen molar-refractivity contribution in [2.75, 3.05) is 0 Å². The first-order valence-electron chi connectivity index (χ1n) is 4.99. The molecule has 3 N–H and O–H groups in total. The number of hydrogen-bond acceptors (Lipinski definition) is 3. The summed E-state index contributed by atoms with van der Waals surface area (Å²) in [5.74, 6) is -0.903. The van der Waals surface area contributed by atoms with Crippen molar-refractivity contribution < 1.29 is 9.90 Å². The Kier molecular flexibility index (Phi) is 2.62. The summed E-state index contributed by atoms with van der Waals surface area (Å²) in [6, 6.07) is 3.37. The zero-order valence-electron chi connectivity index (χ0n) is 8.92. The second-order valence-corrected chi connectivity index (χ2v) is 3.84. The minimum Gasteiger partial charge on any atom is -0.481 e. The summed E-state index contributed by atoms with van der Waals surface area (Å²) >= 11 is 0. The van der Waals surface area contributed by atoms with Gasteiger partial charge in [-0.2, -0.15) is 5.10 Å². The Morgan fingerprint density at radius 2 is 2.44 bits per heavy atom. The van der Waals surface area contributed by atoms with E-state index < -0.39 is 12.0 Å². The molecule has 2 aromatic rings. The molecule has 0 fully saturated rings. The second-order valence-electron chi connectivity index (χ2n) is 3.84. The number of nitrogens with two attached hydrogens (primary N) is 1. The van der Waals surface area contributed by atoms with Crippen LogP contribution in [0.15, 0.2) is 24.5 Å². The lowest BCUT2D eigenvalue weighted by Gasteiger charge is -2.07. The van der Waals surface area contributed by atoms with Crippen LogP contribution in [-0.4, -0.2) is 20.7 Å². The summed E-state index contributed by atoms with van der Waals surface area (Å²) in [5, 5.41) is 12.8. The van der Waals surface area contributed by atoms with Gasteiger partial charge in [-0.15, -0.1) is 0 Å². The van der Waals surface area contributed by atoms with E-state index in [1.54, 1.807) is 10.7 Å². The van der Waals surface area contributed by atoms with Gasteiger partial charge in [-0.3, -0.25) is 4.79 Å². The van der Waals surface area contributed by atoms with Gasteiger partial charge in [-0.1, -0.05) is 0 Å². The van der Waals surface area contributed by atoms with E-state index >= 15 is 0 Å². The molecule has 0 aliphatic heterocycles. The highest BCUT2D eigenvalue weighted by Crippen LogP contribution is 2.20. The zero-order valence-corrected chi connectivity index (χ0v) is 8.92. The fraction of sp³-hybridized carbons (Fsp3) is 0.273. The largest absolute Gasteiger partial charge is 0.481 e. The molecule has 0 saturated carbocycles. The number of hydrogen-bond donors (Lipinski definition) is 2. The lowest BCUT2D eigenvalue weighted by molar-refractivity contribution is -0.137. The van der Waals surface area contributed by atoms with Gasteiger partial charge < -0.3 is 10.8 Å². The fourth-order valence-electron chi connectivity index (χ4n) is 1.69. The van der Waals surface area contributed by atoms with E-state index in [0.717, 1.165) is 16.6 Å². The Morgan fingerprint density at radius 3 is 3.12 bits per heavy atom. The van der Waals surface area contributed by atoms with Gasteiger partial charge >= 0.3 is 5.97 Å². The molecule has 2 heterocycles. The molecule has 0 bridgehead atoms. The van der Waals surface area contributed by atoms with Gasteiger partial charge in [0.15, 0.2) is 0 Å². The summed E-state index contributed by atoms with van der Waals surface area (Å²) < 4.78 is 1.70. The topological polar surface area (TPSA) is 80.6 Å². The van der Waals surface area contributed by atoms with Crippen LogP contribution in [0.5, 0.6) is 0 Å². The Balaban J connectivity index is 2.44. The highest BCUT2D eigenvalue weighted by atomic mass is 16.4. The van der Waals surface area contributed by atoms with Gasteiger partial charge in [-0.05, 0) is 24.6 Å². The van der Waals surface area contributed by atoms with Crippen LogP contribution in [0.1, 0.15) is 23.6 Å². The Morgan fingerprint density at radius 1 is 1.69 bits per heavy atom. The maximum atomic E-state index is 10.6. The van der Waals surface area contributed by atoms with Crippen LogP contribution in [0.4, 0.5) is 0 Å². The number of aryl methyl sites for hydroxylation is 1. The number of pyridine rings is 1. The maximum absolute atomic E-state index is 10.6. The number of rotatable bonds is 3. The fourth-order valence-corrected chi connectivity index (χ4v) is 1.69. The van der Waals surface area contributed by atoms with Crippen LogP contribution in [0.2, 0.25) is 0 Å². The van der Waals surface area contributed by atoms with Crippen molar-refractivity contribution >= 4 is 11.5 Å². The number of carboxylic acid groups (broad SMARTS) is 1. The van der Waals surface area contributed by atoms with E-state index in [2.05, 4.69) is 5.10 Å². The molecule has 0 radical (unpaired) electrons. The normalized spacial score (nSPS) is 12.9. The van der Waals surface area contributed by atoms with E-state index in [4.69, 9.17) is 10.8 Å². The predicted molar refractivity (Wildman–Crippen MR) is 59.1 cm³/mol. The molecule has 0 aromatic carbocycles. The predicted octanol–water partition coefficient (Wildman–Crippen LogP) is 1.12. The van der Waals surface area contributed by atoms with Gasteiger partial charge in [0.1, 0.15) is 0 Å². The van der Waals surface area contributed by atoms with Gasteiger partial charge in [-0.25, -0.2) is 4.52 Å². The molecular formula is C11H13N3O2. The van der Waals surface area contributed by atoms with Crippen LogP contribution < -0.4 is 5.73 Å². The smallest absolute Gasteiger partial charge is 0.305 e. The average Bonchev–Trinajstić information content (AvgIpc) is 2.59. The molecule has 1 unspecified atom stereocenters. The summed E-state index contributed by atoms with van der Waals surface area (Å²) in [4.78, 5) is 10.6. The van der Waals surface area contributed by atoms with Gasteiger partial charge in [0.2, 0.25) is 0 Å². The monoisotopic (exact) mass is 219 g/mol. The zero-order chi connectivity index (χ0) is 11.7. The quantitative estimate of drug-likeness (QED) is 0.810. The summed E-state index contributed by atoms with van der Waals surface area (Å²) in [7, 11) is 0. The van der Waals surface area contributed by atoms with Crippen molar-refractivity contribution in [1.29, 1.82) is 0 Å². The Bertz CT molecular complexity index is 533. The molecule has 0 aliphatic carbocycles. The third-order valence-electron chi connectivity index (χ3n) is 2.50. The van der Waals surface area contributed by atoms with Crippen molar-refractivity contribution in [3.05, 3.63) is 35.7 Å². The second kappa shape index (κ2) is 3.94. The molecule has 0 aliphatic rings. The minimum atomic E-state index is -0.903. The van der Waals surface area contributed by atoms with E-state index in [1.807, 2.05) is 25.3 Å². The first kappa shape index (κ1) is 10.6. The van der Waals surface area contributed by atoms with E-state index in [9.17, 15) is 4.79 Å². The average molecular weight is 219 g/mol. The standard InChI is InChI=1S/C11H13N3O2/c1-7-2-3-14-10(4-7)8(6-13-14)9(12)5-11(15)16/h2-4,6,9H,5,12H2,1H3,(H,15,16).